The minimum absolute atomic E-state index is 0.284. The molecule has 0 aliphatic rings. The molecule has 0 saturated carbocycles. The van der Waals surface area contributed by atoms with E-state index in [9.17, 15) is 9.59 Å². The predicted molar refractivity (Wildman–Crippen MR) is 102 cm³/mol. The Bertz CT molecular complexity index is 970. The number of rotatable bonds is 7. The maximum atomic E-state index is 12.4. The topological polar surface area (TPSA) is 97.8 Å². The number of aliphatic carboxylic acids is 1. The van der Waals surface area contributed by atoms with Crippen LogP contribution < -0.4 is 14.8 Å². The number of methoxy groups -OCH3 is 1. The summed E-state index contributed by atoms with van der Waals surface area (Å²) in [5, 5.41) is 13.7. The van der Waals surface area contributed by atoms with Crippen LogP contribution in [0.15, 0.2) is 53.9 Å². The maximum absolute atomic E-state index is 12.4. The van der Waals surface area contributed by atoms with Gasteiger partial charge in [-0.25, -0.2) is 9.78 Å². The summed E-state index contributed by atoms with van der Waals surface area (Å²) in [6.45, 7) is -0.414. The fraction of sp³-hybridized carbons (Fsp3) is 0.105. The van der Waals surface area contributed by atoms with E-state index in [1.165, 1.54) is 11.3 Å². The van der Waals surface area contributed by atoms with Gasteiger partial charge in [0.15, 0.2) is 11.7 Å². The number of nitrogens with one attached hydrogen (secondary N) is 1. The number of hydrogen-bond acceptors (Lipinski definition) is 6. The summed E-state index contributed by atoms with van der Waals surface area (Å²) in [6.07, 6.45) is 0. The lowest BCUT2D eigenvalue weighted by Crippen LogP contribution is -2.11. The molecule has 8 heteroatoms. The van der Waals surface area contributed by atoms with Crippen LogP contribution in [0.5, 0.6) is 11.5 Å². The van der Waals surface area contributed by atoms with Crippen molar-refractivity contribution >= 4 is 28.3 Å². The summed E-state index contributed by atoms with van der Waals surface area (Å²) < 4.78 is 10.3. The third-order valence-corrected chi connectivity index (χ3v) is 4.31. The fourth-order valence-corrected chi connectivity index (χ4v) is 3.00. The molecule has 0 aliphatic carbocycles. The molecule has 27 heavy (non-hydrogen) atoms. The number of ether oxygens (including phenoxy) is 2. The van der Waals surface area contributed by atoms with E-state index < -0.39 is 12.6 Å². The second-order valence-electron chi connectivity index (χ2n) is 5.43. The Morgan fingerprint density at radius 3 is 2.70 bits per heavy atom. The van der Waals surface area contributed by atoms with Crippen LogP contribution >= 0.6 is 11.3 Å². The van der Waals surface area contributed by atoms with Gasteiger partial charge in [0.25, 0.3) is 5.91 Å². The zero-order valence-electron chi connectivity index (χ0n) is 14.3. The molecule has 2 N–H and O–H groups in total. The van der Waals surface area contributed by atoms with Crippen LogP contribution in [0, 0.1) is 0 Å². The van der Waals surface area contributed by atoms with Crippen LogP contribution in [0.2, 0.25) is 0 Å². The largest absolute Gasteiger partial charge is 0.497 e. The summed E-state index contributed by atoms with van der Waals surface area (Å²) >= 11 is 1.29. The van der Waals surface area contributed by atoms with Crippen molar-refractivity contribution in [3.63, 3.8) is 0 Å². The lowest BCUT2D eigenvalue weighted by atomic mass is 10.2. The first-order valence-corrected chi connectivity index (χ1v) is 8.79. The van der Waals surface area contributed by atoms with Crippen LogP contribution in [0.1, 0.15) is 10.4 Å². The molecular formula is C19H16N2O5S. The smallest absolute Gasteiger partial charge is 0.341 e. The first-order chi connectivity index (χ1) is 13.0. The first kappa shape index (κ1) is 18.4. The van der Waals surface area contributed by atoms with Gasteiger partial charge in [0.2, 0.25) is 0 Å². The van der Waals surface area contributed by atoms with E-state index in [0.717, 1.165) is 5.56 Å². The number of carboxylic acid groups (broad SMARTS) is 1. The molecule has 0 radical (unpaired) electrons. The number of anilines is 1. The van der Waals surface area contributed by atoms with Crippen molar-refractivity contribution in [1.29, 1.82) is 0 Å². The lowest BCUT2D eigenvalue weighted by molar-refractivity contribution is -0.139. The van der Waals surface area contributed by atoms with Gasteiger partial charge in [0.05, 0.1) is 12.8 Å². The summed E-state index contributed by atoms with van der Waals surface area (Å²) in [5.41, 5.74) is 1.88. The van der Waals surface area contributed by atoms with E-state index in [-0.39, 0.29) is 5.91 Å². The molecular weight excluding hydrogens is 368 g/mol. The Kier molecular flexibility index (Phi) is 5.68. The molecule has 2 aromatic carbocycles. The van der Waals surface area contributed by atoms with Crippen LogP contribution in [0.25, 0.3) is 11.3 Å². The van der Waals surface area contributed by atoms with Gasteiger partial charge in [-0.15, -0.1) is 11.3 Å². The van der Waals surface area contributed by atoms with Crippen LogP contribution in [0.4, 0.5) is 5.13 Å². The average Bonchev–Trinajstić information content (AvgIpc) is 3.15. The third kappa shape index (κ3) is 4.83. The number of nitrogens with zero attached hydrogens (tertiary/aromatic N) is 1. The molecule has 0 aliphatic heterocycles. The molecule has 0 saturated heterocycles. The SMILES string of the molecule is COc1cccc(C(=O)Nc2nc(-c3cccc(OCC(=O)O)c3)cs2)c1. The number of aromatic nitrogens is 1. The molecule has 1 aromatic heterocycles. The lowest BCUT2D eigenvalue weighted by Gasteiger charge is -2.05. The van der Waals surface area contributed by atoms with Crippen LogP contribution in [-0.4, -0.2) is 35.7 Å². The van der Waals surface area contributed by atoms with Gasteiger partial charge < -0.3 is 14.6 Å². The Morgan fingerprint density at radius 1 is 1.15 bits per heavy atom. The van der Waals surface area contributed by atoms with E-state index in [1.54, 1.807) is 55.0 Å². The molecule has 0 spiro atoms. The summed E-state index contributed by atoms with van der Waals surface area (Å²) in [5.74, 6) is -0.296. The zero-order valence-corrected chi connectivity index (χ0v) is 15.2. The van der Waals surface area contributed by atoms with Crippen molar-refractivity contribution in [2.45, 2.75) is 0 Å². The maximum Gasteiger partial charge on any atom is 0.341 e. The molecule has 0 atom stereocenters. The van der Waals surface area contributed by atoms with E-state index >= 15 is 0 Å². The minimum Gasteiger partial charge on any atom is -0.497 e. The first-order valence-electron chi connectivity index (χ1n) is 7.91. The number of thiazole rings is 1. The highest BCUT2D eigenvalue weighted by atomic mass is 32.1. The van der Waals surface area contributed by atoms with E-state index in [4.69, 9.17) is 14.6 Å². The van der Waals surface area contributed by atoms with Crippen molar-refractivity contribution in [1.82, 2.24) is 4.98 Å². The van der Waals surface area contributed by atoms with E-state index in [2.05, 4.69) is 10.3 Å². The zero-order chi connectivity index (χ0) is 19.2. The summed E-state index contributed by atoms with van der Waals surface area (Å²) in [7, 11) is 1.54. The van der Waals surface area contributed by atoms with Gasteiger partial charge in [0, 0.05) is 16.5 Å². The van der Waals surface area contributed by atoms with Gasteiger partial charge >= 0.3 is 5.97 Å². The average molecular weight is 384 g/mol. The minimum atomic E-state index is -1.04. The van der Waals surface area contributed by atoms with Crippen molar-refractivity contribution < 1.29 is 24.2 Å². The number of carbonyl (C=O) groups is 2. The van der Waals surface area contributed by atoms with Gasteiger partial charge in [-0.3, -0.25) is 10.1 Å². The standard InChI is InChI=1S/C19H16N2O5S/c1-25-14-6-3-5-13(9-14)18(24)21-19-20-16(11-27-19)12-4-2-7-15(8-12)26-10-17(22)23/h2-9,11H,10H2,1H3,(H,22,23)(H,20,21,24). The van der Waals surface area contributed by atoms with Crippen molar-refractivity contribution in [2.24, 2.45) is 0 Å². The number of hydrogen-bond donors (Lipinski definition) is 2. The molecule has 0 unspecified atom stereocenters. The highest BCUT2D eigenvalue weighted by molar-refractivity contribution is 7.14. The third-order valence-electron chi connectivity index (χ3n) is 3.55. The van der Waals surface area contributed by atoms with Gasteiger partial charge in [0.1, 0.15) is 11.5 Å². The predicted octanol–water partition coefficient (Wildman–Crippen LogP) is 3.53. The fourth-order valence-electron chi connectivity index (χ4n) is 2.29. The van der Waals surface area contributed by atoms with Gasteiger partial charge in [-0.2, -0.15) is 0 Å². The molecule has 1 amide bonds. The van der Waals surface area contributed by atoms with Gasteiger partial charge in [-0.05, 0) is 30.3 Å². The quantitative estimate of drug-likeness (QED) is 0.647. The molecule has 0 fully saturated rings. The number of amides is 1. The Labute approximate surface area is 159 Å². The number of carboxylic acids is 1. The molecule has 138 valence electrons. The molecule has 1 heterocycles. The van der Waals surface area contributed by atoms with Crippen molar-refractivity contribution in [2.75, 3.05) is 19.0 Å². The highest BCUT2D eigenvalue weighted by Gasteiger charge is 2.11. The van der Waals surface area contributed by atoms with Crippen molar-refractivity contribution in [3.05, 3.63) is 59.5 Å². The van der Waals surface area contributed by atoms with E-state index in [1.807, 2.05) is 6.07 Å². The van der Waals surface area contributed by atoms with Crippen LogP contribution in [-0.2, 0) is 4.79 Å². The number of benzene rings is 2. The molecule has 7 nitrogen and oxygen atoms in total. The Balaban J connectivity index is 1.72. The summed E-state index contributed by atoms with van der Waals surface area (Å²) in [4.78, 5) is 27.4. The normalized spacial score (nSPS) is 10.3. The number of carbonyl (C=O) groups excluding carboxylic acids is 1. The molecule has 3 aromatic rings. The highest BCUT2D eigenvalue weighted by Crippen LogP contribution is 2.28. The van der Waals surface area contributed by atoms with Gasteiger partial charge in [-0.1, -0.05) is 18.2 Å². The second-order valence-corrected chi connectivity index (χ2v) is 6.29. The second kappa shape index (κ2) is 8.33. The van der Waals surface area contributed by atoms with Crippen molar-refractivity contribution in [3.8, 4) is 22.8 Å². The van der Waals surface area contributed by atoms with Crippen LogP contribution in [0.3, 0.4) is 0 Å². The monoisotopic (exact) mass is 384 g/mol. The Morgan fingerprint density at radius 2 is 1.93 bits per heavy atom. The molecule has 3 rings (SSSR count). The molecule has 0 bridgehead atoms. The van der Waals surface area contributed by atoms with E-state index in [0.29, 0.717) is 27.9 Å². The summed E-state index contributed by atoms with van der Waals surface area (Å²) in [6, 6.07) is 13.8. The Hall–Kier alpha value is -3.39.